The molecule has 1 aliphatic carbocycles. The molecule has 1 unspecified atom stereocenters. The number of amides is 2. The van der Waals surface area contributed by atoms with E-state index in [-0.39, 0.29) is 30.5 Å². The fraction of sp³-hybridized carbons (Fsp3) is 0.250. The number of benzene rings is 2. The third-order valence-electron chi connectivity index (χ3n) is 5.64. The number of rotatable bonds is 7. The molecule has 1 aromatic heterocycles. The summed E-state index contributed by atoms with van der Waals surface area (Å²) >= 11 is 0. The van der Waals surface area contributed by atoms with E-state index in [4.69, 9.17) is 4.74 Å². The Kier molecular flexibility index (Phi) is 6.12. The van der Waals surface area contributed by atoms with Gasteiger partial charge in [0.2, 0.25) is 5.91 Å². The van der Waals surface area contributed by atoms with Gasteiger partial charge >= 0.3 is 12.1 Å². The number of nitrogens with one attached hydrogen (secondary N) is 2. The molecule has 0 fully saturated rings. The highest BCUT2D eigenvalue weighted by Crippen LogP contribution is 2.44. The van der Waals surface area contributed by atoms with Crippen LogP contribution in [0.5, 0.6) is 0 Å². The fourth-order valence-corrected chi connectivity index (χ4v) is 3.96. The zero-order chi connectivity index (χ0) is 23.5. The van der Waals surface area contributed by atoms with Crippen molar-refractivity contribution in [1.82, 2.24) is 15.1 Å². The first kappa shape index (κ1) is 22.1. The number of ether oxygens (including phenoxy) is 1. The summed E-state index contributed by atoms with van der Waals surface area (Å²) in [4.78, 5) is 36.0. The number of carbonyl (C=O) groups is 3. The average molecular weight is 448 g/mol. The number of alkyl carbamates (subject to hydrolysis) is 1. The van der Waals surface area contributed by atoms with Gasteiger partial charge < -0.3 is 20.5 Å². The van der Waals surface area contributed by atoms with Crippen LogP contribution >= 0.6 is 0 Å². The van der Waals surface area contributed by atoms with Crippen molar-refractivity contribution in [3.05, 3.63) is 71.4 Å². The van der Waals surface area contributed by atoms with Crippen molar-refractivity contribution in [2.45, 2.75) is 12.8 Å². The van der Waals surface area contributed by atoms with Gasteiger partial charge in [-0.15, -0.1) is 0 Å². The van der Waals surface area contributed by atoms with E-state index in [1.54, 1.807) is 14.0 Å². The number of carbonyl (C=O) groups excluding carboxylic acids is 2. The topological polar surface area (TPSA) is 123 Å². The van der Waals surface area contributed by atoms with Crippen LogP contribution in [-0.4, -0.2) is 46.0 Å². The molecule has 1 heterocycles. The Labute approximate surface area is 190 Å². The van der Waals surface area contributed by atoms with Gasteiger partial charge in [-0.3, -0.25) is 9.48 Å². The highest BCUT2D eigenvalue weighted by molar-refractivity contribution is 5.99. The molecular weight excluding hydrogens is 424 g/mol. The fourth-order valence-electron chi connectivity index (χ4n) is 3.96. The molecule has 2 amide bonds. The van der Waals surface area contributed by atoms with E-state index in [1.807, 2.05) is 36.4 Å². The lowest BCUT2D eigenvalue weighted by Gasteiger charge is -2.16. The van der Waals surface area contributed by atoms with Gasteiger partial charge in [-0.1, -0.05) is 55.5 Å². The standard InChI is InChI=1S/C24H24N4O5/c1-14(22(29)26-21-19(23(30)31)12-28(2)27-21)11-25-24(32)33-13-20-17-9-5-3-7-15(17)16-8-4-6-10-18(16)20/h3-10,12,14,20H,11,13H2,1-2H3,(H,25,32)(H,30,31)(H,26,27,29). The molecule has 33 heavy (non-hydrogen) atoms. The monoisotopic (exact) mass is 448 g/mol. The van der Waals surface area contributed by atoms with Crippen molar-refractivity contribution in [1.29, 1.82) is 0 Å². The number of aromatic carboxylic acids is 1. The second-order valence-corrected chi connectivity index (χ2v) is 7.97. The molecule has 0 aliphatic heterocycles. The van der Waals surface area contributed by atoms with Crippen molar-refractivity contribution in [3.63, 3.8) is 0 Å². The minimum atomic E-state index is -1.19. The van der Waals surface area contributed by atoms with Crippen molar-refractivity contribution in [2.24, 2.45) is 13.0 Å². The molecular formula is C24H24N4O5. The molecule has 0 bridgehead atoms. The van der Waals surface area contributed by atoms with Crippen LogP contribution in [-0.2, 0) is 16.6 Å². The van der Waals surface area contributed by atoms with E-state index in [1.165, 1.54) is 10.9 Å². The largest absolute Gasteiger partial charge is 0.477 e. The molecule has 1 atom stereocenters. The van der Waals surface area contributed by atoms with Gasteiger partial charge in [0.05, 0.1) is 5.92 Å². The second-order valence-electron chi connectivity index (χ2n) is 7.97. The molecule has 0 radical (unpaired) electrons. The average Bonchev–Trinajstić information content (AvgIpc) is 3.33. The van der Waals surface area contributed by atoms with Crippen LogP contribution in [0.15, 0.2) is 54.7 Å². The molecule has 9 nitrogen and oxygen atoms in total. The maximum atomic E-state index is 12.4. The molecule has 3 N–H and O–H groups in total. The Bertz CT molecular complexity index is 1170. The van der Waals surface area contributed by atoms with Gasteiger partial charge in [0, 0.05) is 25.7 Å². The molecule has 9 heteroatoms. The number of aromatic nitrogens is 2. The number of hydrogen-bond donors (Lipinski definition) is 3. The number of hydrogen-bond acceptors (Lipinski definition) is 5. The summed E-state index contributed by atoms with van der Waals surface area (Å²) < 4.78 is 6.77. The molecule has 0 saturated carbocycles. The molecule has 2 aromatic carbocycles. The van der Waals surface area contributed by atoms with Gasteiger partial charge in [0.25, 0.3) is 0 Å². The van der Waals surface area contributed by atoms with E-state index in [0.29, 0.717) is 0 Å². The summed E-state index contributed by atoms with van der Waals surface area (Å²) in [5, 5.41) is 18.2. The molecule has 0 saturated heterocycles. The number of anilines is 1. The second kappa shape index (κ2) is 9.15. The highest BCUT2D eigenvalue weighted by atomic mass is 16.5. The lowest BCUT2D eigenvalue weighted by atomic mass is 9.98. The minimum absolute atomic E-state index is 0.0255. The number of carboxylic acids is 1. The van der Waals surface area contributed by atoms with Crippen LogP contribution in [0.2, 0.25) is 0 Å². The Morgan fingerprint density at radius 3 is 2.30 bits per heavy atom. The lowest BCUT2D eigenvalue weighted by molar-refractivity contribution is -0.119. The normalized spacial score (nSPS) is 13.0. The van der Waals surface area contributed by atoms with Gasteiger partial charge in [-0.05, 0) is 22.3 Å². The van der Waals surface area contributed by atoms with Gasteiger partial charge in [0.15, 0.2) is 5.82 Å². The van der Waals surface area contributed by atoms with E-state index >= 15 is 0 Å². The number of aryl methyl sites for hydroxylation is 1. The van der Waals surface area contributed by atoms with E-state index in [0.717, 1.165) is 22.3 Å². The SMILES string of the molecule is CC(CNC(=O)OCC1c2ccccc2-c2ccccc21)C(=O)Nc1nn(C)cc1C(=O)O. The minimum Gasteiger partial charge on any atom is -0.477 e. The van der Waals surface area contributed by atoms with Crippen molar-refractivity contribution in [2.75, 3.05) is 18.5 Å². The third kappa shape index (κ3) is 4.57. The summed E-state index contributed by atoms with van der Waals surface area (Å²) in [7, 11) is 1.56. The maximum absolute atomic E-state index is 12.4. The van der Waals surface area contributed by atoms with Crippen LogP contribution in [0.1, 0.15) is 34.3 Å². The van der Waals surface area contributed by atoms with Crippen LogP contribution in [0.25, 0.3) is 11.1 Å². The first-order valence-corrected chi connectivity index (χ1v) is 10.5. The van der Waals surface area contributed by atoms with Crippen LogP contribution in [0.4, 0.5) is 10.6 Å². The van der Waals surface area contributed by atoms with E-state index < -0.39 is 23.9 Å². The smallest absolute Gasteiger partial charge is 0.407 e. The van der Waals surface area contributed by atoms with Gasteiger partial charge in [-0.2, -0.15) is 5.10 Å². The zero-order valence-electron chi connectivity index (χ0n) is 18.2. The predicted molar refractivity (Wildman–Crippen MR) is 121 cm³/mol. The molecule has 4 rings (SSSR count). The third-order valence-corrected chi connectivity index (χ3v) is 5.64. The highest BCUT2D eigenvalue weighted by Gasteiger charge is 2.29. The number of carboxylic acid groups (broad SMARTS) is 1. The van der Waals surface area contributed by atoms with E-state index in [9.17, 15) is 19.5 Å². The van der Waals surface area contributed by atoms with Crippen LogP contribution in [0.3, 0.4) is 0 Å². The van der Waals surface area contributed by atoms with Crippen molar-refractivity contribution >= 4 is 23.8 Å². The van der Waals surface area contributed by atoms with Crippen LogP contribution in [0, 0.1) is 5.92 Å². The van der Waals surface area contributed by atoms with Crippen LogP contribution < -0.4 is 10.6 Å². The molecule has 0 spiro atoms. The predicted octanol–water partition coefficient (Wildman–Crippen LogP) is 3.23. The molecule has 170 valence electrons. The summed E-state index contributed by atoms with van der Waals surface area (Å²) in [5.74, 6) is -2.38. The zero-order valence-corrected chi connectivity index (χ0v) is 18.2. The summed E-state index contributed by atoms with van der Waals surface area (Å²) in [6.45, 7) is 1.82. The molecule has 1 aliphatic rings. The Morgan fingerprint density at radius 1 is 1.09 bits per heavy atom. The Hall–Kier alpha value is -4.14. The first-order chi connectivity index (χ1) is 15.8. The summed E-state index contributed by atoms with van der Waals surface area (Å²) in [5.41, 5.74) is 4.40. The van der Waals surface area contributed by atoms with E-state index in [2.05, 4.69) is 27.9 Å². The van der Waals surface area contributed by atoms with Crippen molar-refractivity contribution < 1.29 is 24.2 Å². The quantitative estimate of drug-likeness (QED) is 0.510. The first-order valence-electron chi connectivity index (χ1n) is 10.5. The summed E-state index contributed by atoms with van der Waals surface area (Å²) in [6, 6.07) is 16.1. The lowest BCUT2D eigenvalue weighted by Crippen LogP contribution is -2.35. The maximum Gasteiger partial charge on any atom is 0.407 e. The Balaban J connectivity index is 1.31. The molecule has 3 aromatic rings. The Morgan fingerprint density at radius 2 is 1.70 bits per heavy atom. The van der Waals surface area contributed by atoms with Crippen molar-refractivity contribution in [3.8, 4) is 11.1 Å². The van der Waals surface area contributed by atoms with Gasteiger partial charge in [-0.25, -0.2) is 9.59 Å². The number of fused-ring (bicyclic) bond motifs is 3. The van der Waals surface area contributed by atoms with Gasteiger partial charge in [0.1, 0.15) is 12.2 Å². The summed E-state index contributed by atoms with van der Waals surface area (Å²) in [6.07, 6.45) is 0.679. The number of nitrogens with zero attached hydrogens (tertiary/aromatic N) is 2.